The van der Waals surface area contributed by atoms with Gasteiger partial charge in [-0.05, 0) is 77.0 Å². The number of allylic oxidation sites excluding steroid dienone is 14. The molecule has 6 heteroatoms. The molecule has 0 aliphatic rings. The molecule has 0 aliphatic carbocycles. The van der Waals surface area contributed by atoms with Crippen molar-refractivity contribution in [2.75, 3.05) is 13.2 Å². The lowest BCUT2D eigenvalue weighted by Gasteiger charge is -2.18. The van der Waals surface area contributed by atoms with Crippen LogP contribution in [0.2, 0.25) is 0 Å². The van der Waals surface area contributed by atoms with Gasteiger partial charge in [-0.2, -0.15) is 0 Å². The number of ether oxygens (including phenoxy) is 3. The first-order valence-electron chi connectivity index (χ1n) is 23.1. The highest BCUT2D eigenvalue weighted by Crippen LogP contribution is 2.13. The molecule has 0 N–H and O–H groups in total. The Morgan fingerprint density at radius 3 is 1.23 bits per heavy atom. The van der Waals surface area contributed by atoms with Gasteiger partial charge in [0.2, 0.25) is 0 Å². The lowest BCUT2D eigenvalue weighted by molar-refractivity contribution is -0.166. The van der Waals surface area contributed by atoms with Crippen molar-refractivity contribution in [3.8, 4) is 0 Å². The van der Waals surface area contributed by atoms with Crippen molar-refractivity contribution in [2.45, 2.75) is 207 Å². The fourth-order valence-corrected chi connectivity index (χ4v) is 5.92. The summed E-state index contributed by atoms with van der Waals surface area (Å²) < 4.78 is 16.6. The largest absolute Gasteiger partial charge is 0.462 e. The van der Waals surface area contributed by atoms with Crippen LogP contribution in [0.4, 0.5) is 0 Å². The minimum atomic E-state index is -0.808. The summed E-state index contributed by atoms with van der Waals surface area (Å²) in [6.07, 6.45) is 57.2. The molecule has 0 amide bonds. The quantitative estimate of drug-likeness (QED) is 0.0266. The van der Waals surface area contributed by atoms with Crippen LogP contribution < -0.4 is 0 Å². The van der Waals surface area contributed by atoms with Crippen LogP contribution in [0.5, 0.6) is 0 Å². The summed E-state index contributed by atoms with van der Waals surface area (Å²) in [7, 11) is 0. The number of unbranched alkanes of at least 4 members (excludes halogenated alkanes) is 15. The van der Waals surface area contributed by atoms with Crippen LogP contribution in [-0.4, -0.2) is 37.2 Å². The van der Waals surface area contributed by atoms with E-state index in [4.69, 9.17) is 14.2 Å². The van der Waals surface area contributed by atoms with Gasteiger partial charge in [-0.3, -0.25) is 14.4 Å². The Balaban J connectivity index is 4.47. The van der Waals surface area contributed by atoms with E-state index in [0.717, 1.165) is 96.3 Å². The lowest BCUT2D eigenvalue weighted by atomic mass is 10.1. The number of carbonyl (C=O) groups excluding carboxylic acids is 3. The van der Waals surface area contributed by atoms with Crippen molar-refractivity contribution in [3.05, 3.63) is 85.1 Å². The Hall–Kier alpha value is -3.41. The summed E-state index contributed by atoms with van der Waals surface area (Å²) in [5.41, 5.74) is 0. The maximum atomic E-state index is 12.7. The third-order valence-electron chi connectivity index (χ3n) is 9.40. The van der Waals surface area contributed by atoms with E-state index in [-0.39, 0.29) is 37.5 Å². The first-order valence-corrected chi connectivity index (χ1v) is 23.1. The first-order chi connectivity index (χ1) is 28.0. The Kier molecular flexibility index (Phi) is 42.6. The third kappa shape index (κ3) is 43.6. The molecule has 6 nitrogen and oxygen atoms in total. The van der Waals surface area contributed by atoms with Gasteiger partial charge in [0.05, 0.1) is 0 Å². The molecule has 1 unspecified atom stereocenters. The molecule has 0 bridgehead atoms. The van der Waals surface area contributed by atoms with E-state index in [2.05, 4.69) is 93.7 Å². The van der Waals surface area contributed by atoms with Crippen molar-refractivity contribution >= 4 is 17.9 Å². The molecule has 1 atom stereocenters. The van der Waals surface area contributed by atoms with Crippen LogP contribution in [0.1, 0.15) is 201 Å². The topological polar surface area (TPSA) is 78.9 Å². The van der Waals surface area contributed by atoms with Crippen LogP contribution >= 0.6 is 0 Å². The summed E-state index contributed by atoms with van der Waals surface area (Å²) >= 11 is 0. The van der Waals surface area contributed by atoms with Crippen LogP contribution in [0.25, 0.3) is 0 Å². The van der Waals surface area contributed by atoms with Crippen molar-refractivity contribution < 1.29 is 28.6 Å². The summed E-state index contributed by atoms with van der Waals surface area (Å²) in [5, 5.41) is 0. The number of hydrogen-bond donors (Lipinski definition) is 0. The second kappa shape index (κ2) is 45.3. The summed E-state index contributed by atoms with van der Waals surface area (Å²) in [4.78, 5) is 37.6. The molecule has 0 aliphatic heterocycles. The SMILES string of the molecule is CC/C=C\C/C=C\C/C=C\C/C=C\C/C=C\C/C=C\CCC(=O)OCC(COC(=O)CCCCCCCCCCCC)OC(=O)CCCCCC/C=C\CCCC. The summed E-state index contributed by atoms with van der Waals surface area (Å²) in [5.74, 6) is -1.02. The van der Waals surface area contributed by atoms with Crippen LogP contribution in [0, 0.1) is 0 Å². The second-order valence-corrected chi connectivity index (χ2v) is 14.9. The molecule has 0 radical (unpaired) electrons. The number of hydrogen-bond acceptors (Lipinski definition) is 6. The number of carbonyl (C=O) groups is 3. The molecule has 0 fully saturated rings. The van der Waals surface area contributed by atoms with Crippen LogP contribution in [0.3, 0.4) is 0 Å². The maximum absolute atomic E-state index is 12.7. The Bertz CT molecular complexity index is 1140. The molecule has 57 heavy (non-hydrogen) atoms. The zero-order chi connectivity index (χ0) is 41.5. The van der Waals surface area contributed by atoms with Crippen molar-refractivity contribution in [2.24, 2.45) is 0 Å². The molecular formula is C51H84O6. The smallest absolute Gasteiger partial charge is 0.306 e. The van der Waals surface area contributed by atoms with Crippen LogP contribution in [-0.2, 0) is 28.6 Å². The fourth-order valence-electron chi connectivity index (χ4n) is 5.92. The zero-order valence-electron chi connectivity index (χ0n) is 36.8. The van der Waals surface area contributed by atoms with E-state index >= 15 is 0 Å². The summed E-state index contributed by atoms with van der Waals surface area (Å²) in [6, 6.07) is 0. The highest BCUT2D eigenvalue weighted by molar-refractivity contribution is 5.71. The van der Waals surface area contributed by atoms with Gasteiger partial charge in [-0.25, -0.2) is 0 Å². The number of rotatable bonds is 40. The maximum Gasteiger partial charge on any atom is 0.306 e. The first kappa shape index (κ1) is 53.6. The average molecular weight is 793 g/mol. The molecule has 324 valence electrons. The molecule has 0 aromatic carbocycles. The lowest BCUT2D eigenvalue weighted by Crippen LogP contribution is -2.30. The van der Waals surface area contributed by atoms with Gasteiger partial charge in [0.15, 0.2) is 6.10 Å². The molecule has 0 spiro atoms. The fraction of sp³-hybridized carbons (Fsp3) is 0.667. The minimum Gasteiger partial charge on any atom is -0.462 e. The normalized spacial score (nSPS) is 12.8. The molecule has 0 saturated heterocycles. The Morgan fingerprint density at radius 1 is 0.368 bits per heavy atom. The number of esters is 3. The van der Waals surface area contributed by atoms with Gasteiger partial charge >= 0.3 is 17.9 Å². The highest BCUT2D eigenvalue weighted by Gasteiger charge is 2.19. The highest BCUT2D eigenvalue weighted by atomic mass is 16.6. The molecular weight excluding hydrogens is 709 g/mol. The molecule has 0 aromatic heterocycles. The molecule has 0 saturated carbocycles. The average Bonchev–Trinajstić information content (AvgIpc) is 3.21. The van der Waals surface area contributed by atoms with E-state index in [1.165, 1.54) is 57.8 Å². The zero-order valence-corrected chi connectivity index (χ0v) is 36.8. The van der Waals surface area contributed by atoms with Gasteiger partial charge in [0.1, 0.15) is 13.2 Å². The monoisotopic (exact) mass is 793 g/mol. The van der Waals surface area contributed by atoms with Gasteiger partial charge in [0.25, 0.3) is 0 Å². The van der Waals surface area contributed by atoms with Gasteiger partial charge in [-0.15, -0.1) is 0 Å². The van der Waals surface area contributed by atoms with Crippen molar-refractivity contribution in [3.63, 3.8) is 0 Å². The van der Waals surface area contributed by atoms with E-state index in [0.29, 0.717) is 19.3 Å². The molecule has 0 heterocycles. The molecule has 0 aromatic rings. The van der Waals surface area contributed by atoms with E-state index in [1.807, 2.05) is 12.2 Å². The predicted molar refractivity (Wildman–Crippen MR) is 242 cm³/mol. The van der Waals surface area contributed by atoms with Crippen LogP contribution in [0.15, 0.2) is 85.1 Å². The van der Waals surface area contributed by atoms with Gasteiger partial charge in [-0.1, -0.05) is 189 Å². The second-order valence-electron chi connectivity index (χ2n) is 14.9. The van der Waals surface area contributed by atoms with Gasteiger partial charge in [0, 0.05) is 19.3 Å². The minimum absolute atomic E-state index is 0.104. The molecule has 0 rings (SSSR count). The standard InChI is InChI=1S/C51H84O6/c1-4-7-10-13-16-19-22-23-24-25-26-27-28-29-30-33-35-38-41-44-50(53)56-47-48(57-51(54)45-42-39-36-32-21-18-15-12-9-6-3)46-55-49(52)43-40-37-34-31-20-17-14-11-8-5-2/h7,10,15-16,18-19,23-24,26-27,29-30,35,38,48H,4-6,8-9,11-14,17,20-22,25,28,31-34,36-37,39-47H2,1-3H3/b10-7-,18-15-,19-16-,24-23-,27-26-,30-29-,38-35-. The van der Waals surface area contributed by atoms with Gasteiger partial charge < -0.3 is 14.2 Å². The van der Waals surface area contributed by atoms with E-state index < -0.39 is 6.10 Å². The Labute approximate surface area is 350 Å². The van der Waals surface area contributed by atoms with E-state index in [9.17, 15) is 14.4 Å². The summed E-state index contributed by atoms with van der Waals surface area (Å²) in [6.45, 7) is 6.37. The van der Waals surface area contributed by atoms with Crippen molar-refractivity contribution in [1.29, 1.82) is 0 Å². The van der Waals surface area contributed by atoms with E-state index in [1.54, 1.807) is 0 Å². The predicted octanol–water partition coefficient (Wildman–Crippen LogP) is 14.9. The Morgan fingerprint density at radius 2 is 0.737 bits per heavy atom. The van der Waals surface area contributed by atoms with Crippen molar-refractivity contribution in [1.82, 2.24) is 0 Å². The third-order valence-corrected chi connectivity index (χ3v) is 9.40.